The standard InChI is InChI=1S/C26H26N4O2S/c1-15-5-9-19(10-6-15)23-24(20-11-7-16(2)8-12-20)33-26(30-23)29-22(31)14-13-21-17(3)27-18(4)28-25(21)32/h5-12H,13-14H2,1-4H3,(H,27,28,32)(H,29,30,31). The van der Waals surface area contributed by atoms with E-state index in [0.29, 0.717) is 28.6 Å². The predicted octanol–water partition coefficient (Wildman–Crippen LogP) is 5.37. The second-order valence-corrected chi connectivity index (χ2v) is 9.19. The van der Waals surface area contributed by atoms with Gasteiger partial charge in [-0.2, -0.15) is 0 Å². The summed E-state index contributed by atoms with van der Waals surface area (Å²) in [7, 11) is 0. The molecular formula is C26H26N4O2S. The highest BCUT2D eigenvalue weighted by atomic mass is 32.1. The first kappa shape index (κ1) is 22.6. The molecule has 2 heterocycles. The molecule has 2 N–H and O–H groups in total. The maximum Gasteiger partial charge on any atom is 0.254 e. The Morgan fingerprint density at radius 3 is 2.12 bits per heavy atom. The number of H-pyrrole nitrogens is 1. The molecular weight excluding hydrogens is 432 g/mol. The van der Waals surface area contributed by atoms with E-state index in [1.54, 1.807) is 13.8 Å². The third kappa shape index (κ3) is 5.26. The molecule has 0 spiro atoms. The van der Waals surface area contributed by atoms with Crippen LogP contribution in [0.4, 0.5) is 5.13 Å². The van der Waals surface area contributed by atoms with E-state index >= 15 is 0 Å². The molecule has 0 unspecified atom stereocenters. The van der Waals surface area contributed by atoms with E-state index in [-0.39, 0.29) is 17.9 Å². The van der Waals surface area contributed by atoms with Gasteiger partial charge in [0.05, 0.1) is 10.6 Å². The number of anilines is 1. The minimum absolute atomic E-state index is 0.175. The van der Waals surface area contributed by atoms with Crippen LogP contribution >= 0.6 is 11.3 Å². The quantitative estimate of drug-likeness (QED) is 0.407. The number of rotatable bonds is 6. The summed E-state index contributed by atoms with van der Waals surface area (Å²) in [6, 6.07) is 16.5. The van der Waals surface area contributed by atoms with Crippen LogP contribution in [0.3, 0.4) is 0 Å². The maximum absolute atomic E-state index is 12.7. The van der Waals surface area contributed by atoms with E-state index in [0.717, 1.165) is 21.7 Å². The summed E-state index contributed by atoms with van der Waals surface area (Å²) < 4.78 is 0. The Kier molecular flexibility index (Phi) is 6.51. The molecule has 1 amide bonds. The zero-order chi connectivity index (χ0) is 23.5. The fraction of sp³-hybridized carbons (Fsp3) is 0.231. The Hall–Kier alpha value is -3.58. The molecule has 0 saturated carbocycles. The van der Waals surface area contributed by atoms with Gasteiger partial charge in [-0.05, 0) is 39.7 Å². The molecule has 0 aliphatic carbocycles. The summed E-state index contributed by atoms with van der Waals surface area (Å²) in [6.07, 6.45) is 0.495. The van der Waals surface area contributed by atoms with Gasteiger partial charge >= 0.3 is 0 Å². The molecule has 0 atom stereocenters. The fourth-order valence-electron chi connectivity index (χ4n) is 3.65. The normalized spacial score (nSPS) is 10.9. The van der Waals surface area contributed by atoms with Crippen molar-refractivity contribution in [3.8, 4) is 21.7 Å². The minimum atomic E-state index is -0.189. The number of aromatic amines is 1. The number of aryl methyl sites for hydroxylation is 4. The fourth-order valence-corrected chi connectivity index (χ4v) is 4.66. The molecule has 0 aliphatic heterocycles. The number of amides is 1. The minimum Gasteiger partial charge on any atom is -0.311 e. The Balaban J connectivity index is 1.58. The van der Waals surface area contributed by atoms with Crippen molar-refractivity contribution in [2.24, 2.45) is 0 Å². The molecule has 2 aromatic heterocycles. The highest BCUT2D eigenvalue weighted by Crippen LogP contribution is 2.39. The molecule has 0 radical (unpaired) electrons. The van der Waals surface area contributed by atoms with Gasteiger partial charge in [0.1, 0.15) is 5.82 Å². The molecule has 0 saturated heterocycles. The van der Waals surface area contributed by atoms with Crippen LogP contribution in [-0.4, -0.2) is 20.9 Å². The zero-order valence-corrected chi connectivity index (χ0v) is 20.0. The average Bonchev–Trinajstić information content (AvgIpc) is 3.17. The molecule has 33 heavy (non-hydrogen) atoms. The van der Waals surface area contributed by atoms with E-state index < -0.39 is 0 Å². The third-order valence-corrected chi connectivity index (χ3v) is 6.47. The Labute approximate surface area is 196 Å². The molecule has 6 nitrogen and oxygen atoms in total. The number of benzene rings is 2. The molecule has 4 rings (SSSR count). The van der Waals surface area contributed by atoms with Crippen LogP contribution in [0.1, 0.15) is 34.6 Å². The Bertz CT molecular complexity index is 1290. The van der Waals surface area contributed by atoms with Crippen molar-refractivity contribution in [2.45, 2.75) is 40.5 Å². The molecule has 7 heteroatoms. The summed E-state index contributed by atoms with van der Waals surface area (Å²) in [5.74, 6) is 0.384. The third-order valence-electron chi connectivity index (χ3n) is 5.46. The number of nitrogens with zero attached hydrogens (tertiary/aromatic N) is 2. The summed E-state index contributed by atoms with van der Waals surface area (Å²) >= 11 is 1.45. The van der Waals surface area contributed by atoms with E-state index in [1.165, 1.54) is 22.5 Å². The van der Waals surface area contributed by atoms with E-state index in [4.69, 9.17) is 4.98 Å². The van der Waals surface area contributed by atoms with Gasteiger partial charge in [-0.1, -0.05) is 71.0 Å². The van der Waals surface area contributed by atoms with Crippen LogP contribution < -0.4 is 10.9 Å². The first-order chi connectivity index (χ1) is 15.8. The molecule has 0 bridgehead atoms. The number of aromatic nitrogens is 3. The largest absolute Gasteiger partial charge is 0.311 e. The number of carbonyl (C=O) groups is 1. The molecule has 0 fully saturated rings. The van der Waals surface area contributed by atoms with Crippen molar-refractivity contribution in [1.29, 1.82) is 0 Å². The smallest absolute Gasteiger partial charge is 0.254 e. The van der Waals surface area contributed by atoms with Gasteiger partial charge in [-0.15, -0.1) is 0 Å². The average molecular weight is 459 g/mol. The van der Waals surface area contributed by atoms with Crippen molar-refractivity contribution in [3.63, 3.8) is 0 Å². The topological polar surface area (TPSA) is 87.7 Å². The lowest BCUT2D eigenvalue weighted by molar-refractivity contribution is -0.116. The van der Waals surface area contributed by atoms with Crippen LogP contribution in [0, 0.1) is 27.7 Å². The van der Waals surface area contributed by atoms with Crippen molar-refractivity contribution in [2.75, 3.05) is 5.32 Å². The lowest BCUT2D eigenvalue weighted by Gasteiger charge is -2.05. The lowest BCUT2D eigenvalue weighted by Crippen LogP contribution is -2.20. The van der Waals surface area contributed by atoms with Crippen LogP contribution in [-0.2, 0) is 11.2 Å². The summed E-state index contributed by atoms with van der Waals surface area (Å²) in [4.78, 5) is 37.6. The van der Waals surface area contributed by atoms with Crippen molar-refractivity contribution >= 4 is 22.4 Å². The maximum atomic E-state index is 12.7. The SMILES string of the molecule is Cc1ccc(-c2nc(NC(=O)CCc3c(C)nc(C)[nH]c3=O)sc2-c2ccc(C)cc2)cc1. The van der Waals surface area contributed by atoms with Crippen molar-refractivity contribution < 1.29 is 4.79 Å². The van der Waals surface area contributed by atoms with Crippen LogP contribution in [0.5, 0.6) is 0 Å². The zero-order valence-electron chi connectivity index (χ0n) is 19.2. The first-order valence-electron chi connectivity index (χ1n) is 10.8. The number of carbonyl (C=O) groups excluding carboxylic acids is 1. The van der Waals surface area contributed by atoms with Gasteiger partial charge in [0.2, 0.25) is 5.91 Å². The van der Waals surface area contributed by atoms with E-state index in [2.05, 4.69) is 58.6 Å². The summed E-state index contributed by atoms with van der Waals surface area (Å²) in [5.41, 5.74) is 6.26. The molecule has 4 aromatic rings. The lowest BCUT2D eigenvalue weighted by atomic mass is 10.0. The van der Waals surface area contributed by atoms with E-state index in [1.807, 2.05) is 19.1 Å². The monoisotopic (exact) mass is 458 g/mol. The van der Waals surface area contributed by atoms with E-state index in [9.17, 15) is 9.59 Å². The number of hydrogen-bond donors (Lipinski definition) is 2. The number of thiazole rings is 1. The van der Waals surface area contributed by atoms with Crippen molar-refractivity contribution in [3.05, 3.63) is 87.1 Å². The predicted molar refractivity (Wildman–Crippen MR) is 134 cm³/mol. The van der Waals surface area contributed by atoms with Crippen molar-refractivity contribution in [1.82, 2.24) is 15.0 Å². The molecule has 168 valence electrons. The number of nitrogens with one attached hydrogen (secondary N) is 2. The van der Waals surface area contributed by atoms with Gasteiger partial charge < -0.3 is 10.3 Å². The highest BCUT2D eigenvalue weighted by Gasteiger charge is 2.17. The van der Waals surface area contributed by atoms with Gasteiger partial charge in [0, 0.05) is 23.2 Å². The van der Waals surface area contributed by atoms with Crippen LogP contribution in [0.25, 0.3) is 21.7 Å². The molecule has 2 aromatic carbocycles. The molecule has 0 aliphatic rings. The summed E-state index contributed by atoms with van der Waals surface area (Å²) in [6.45, 7) is 7.63. The van der Waals surface area contributed by atoms with Gasteiger partial charge in [0.15, 0.2) is 5.13 Å². The Morgan fingerprint density at radius 1 is 0.909 bits per heavy atom. The van der Waals surface area contributed by atoms with Gasteiger partial charge in [-0.3, -0.25) is 9.59 Å². The van der Waals surface area contributed by atoms with Crippen LogP contribution in [0.2, 0.25) is 0 Å². The number of hydrogen-bond acceptors (Lipinski definition) is 5. The highest BCUT2D eigenvalue weighted by molar-refractivity contribution is 7.19. The second-order valence-electron chi connectivity index (χ2n) is 8.19. The first-order valence-corrected chi connectivity index (χ1v) is 11.6. The van der Waals surface area contributed by atoms with Crippen LogP contribution in [0.15, 0.2) is 53.3 Å². The van der Waals surface area contributed by atoms with Gasteiger partial charge in [-0.25, -0.2) is 9.97 Å². The second kappa shape index (κ2) is 9.50. The summed E-state index contributed by atoms with van der Waals surface area (Å²) in [5, 5.41) is 3.46. The Morgan fingerprint density at radius 2 is 1.52 bits per heavy atom. The van der Waals surface area contributed by atoms with Gasteiger partial charge in [0.25, 0.3) is 5.56 Å².